The molecule has 0 saturated heterocycles. The van der Waals surface area contributed by atoms with Crippen molar-refractivity contribution in [2.24, 2.45) is 0 Å². The predicted molar refractivity (Wildman–Crippen MR) is 242 cm³/mol. The molecule has 0 aromatic rings. The van der Waals surface area contributed by atoms with E-state index < -0.39 is 6.10 Å². The Morgan fingerprint density at radius 2 is 0.684 bits per heavy atom. The van der Waals surface area contributed by atoms with Gasteiger partial charge in [0.05, 0.1) is 0 Å². The first-order chi connectivity index (χ1) is 28.0. The number of rotatable bonds is 44. The van der Waals surface area contributed by atoms with Crippen LogP contribution in [0.3, 0.4) is 0 Å². The number of hydrogen-bond acceptors (Lipinski definition) is 6. The zero-order valence-electron chi connectivity index (χ0n) is 37.9. The number of hydrogen-bond donors (Lipinski definition) is 0. The van der Waals surface area contributed by atoms with Crippen LogP contribution in [0.5, 0.6) is 0 Å². The van der Waals surface area contributed by atoms with Crippen LogP contribution in [0.2, 0.25) is 0 Å². The third-order valence-electron chi connectivity index (χ3n) is 10.6. The fourth-order valence-electron chi connectivity index (χ4n) is 6.94. The van der Waals surface area contributed by atoms with Crippen molar-refractivity contribution in [3.05, 3.63) is 36.5 Å². The van der Waals surface area contributed by atoms with Gasteiger partial charge < -0.3 is 14.2 Å². The lowest BCUT2D eigenvalue weighted by molar-refractivity contribution is -0.167. The van der Waals surface area contributed by atoms with Crippen molar-refractivity contribution in [2.45, 2.75) is 258 Å². The van der Waals surface area contributed by atoms with Crippen molar-refractivity contribution in [1.82, 2.24) is 0 Å². The van der Waals surface area contributed by atoms with Gasteiger partial charge in [-0.3, -0.25) is 14.4 Å². The summed E-state index contributed by atoms with van der Waals surface area (Å²) in [7, 11) is 0. The van der Waals surface area contributed by atoms with Crippen LogP contribution in [0.4, 0.5) is 0 Å². The fraction of sp³-hybridized carbons (Fsp3) is 0.824. The maximum absolute atomic E-state index is 12.7. The van der Waals surface area contributed by atoms with Crippen LogP contribution in [-0.4, -0.2) is 37.2 Å². The molecular weight excluding hydrogens is 709 g/mol. The summed E-state index contributed by atoms with van der Waals surface area (Å²) in [6.45, 7) is 6.48. The van der Waals surface area contributed by atoms with Gasteiger partial charge >= 0.3 is 17.9 Å². The van der Waals surface area contributed by atoms with E-state index in [4.69, 9.17) is 14.2 Å². The van der Waals surface area contributed by atoms with Gasteiger partial charge in [-0.1, -0.05) is 198 Å². The molecule has 0 aliphatic carbocycles. The quantitative estimate of drug-likeness (QED) is 0.0264. The summed E-state index contributed by atoms with van der Waals surface area (Å²) < 4.78 is 16.7. The Kier molecular flexibility index (Phi) is 44.4. The summed E-state index contributed by atoms with van der Waals surface area (Å²) in [5.74, 6) is -0.920. The van der Waals surface area contributed by atoms with E-state index in [-0.39, 0.29) is 31.1 Å². The molecule has 1 atom stereocenters. The SMILES string of the molecule is CC/C=C\C/C=C\CCCCC(=O)OCC(COC(=O)CCCCCCCCC/C=C\CCCCCCCCCC)OC(=O)CCCCCCCCCCCCC. The second kappa shape index (κ2) is 46.3. The number of unbranched alkanes of at least 4 members (excludes halogenated alkanes) is 27. The molecule has 6 heteroatoms. The minimum Gasteiger partial charge on any atom is -0.462 e. The second-order valence-electron chi connectivity index (χ2n) is 16.3. The number of carbonyl (C=O) groups excluding carboxylic acids is 3. The molecule has 0 heterocycles. The molecule has 0 saturated carbocycles. The monoisotopic (exact) mass is 801 g/mol. The summed E-state index contributed by atoms with van der Waals surface area (Å²) >= 11 is 0. The first-order valence-corrected chi connectivity index (χ1v) is 24.5. The maximum Gasteiger partial charge on any atom is 0.306 e. The van der Waals surface area contributed by atoms with Gasteiger partial charge in [0, 0.05) is 19.3 Å². The van der Waals surface area contributed by atoms with Gasteiger partial charge in [0.1, 0.15) is 13.2 Å². The lowest BCUT2D eigenvalue weighted by Crippen LogP contribution is -2.30. The smallest absolute Gasteiger partial charge is 0.306 e. The van der Waals surface area contributed by atoms with Crippen molar-refractivity contribution < 1.29 is 28.6 Å². The minimum absolute atomic E-state index is 0.0824. The van der Waals surface area contributed by atoms with E-state index in [0.29, 0.717) is 19.3 Å². The zero-order valence-corrected chi connectivity index (χ0v) is 37.9. The average Bonchev–Trinajstić information content (AvgIpc) is 3.21. The topological polar surface area (TPSA) is 78.9 Å². The zero-order chi connectivity index (χ0) is 41.5. The van der Waals surface area contributed by atoms with E-state index in [1.165, 1.54) is 141 Å². The number of esters is 3. The van der Waals surface area contributed by atoms with Gasteiger partial charge in [-0.15, -0.1) is 0 Å². The molecule has 0 rings (SSSR count). The van der Waals surface area contributed by atoms with E-state index in [2.05, 4.69) is 57.2 Å². The molecule has 1 unspecified atom stereocenters. The first kappa shape index (κ1) is 54.6. The molecule has 0 bridgehead atoms. The van der Waals surface area contributed by atoms with Crippen molar-refractivity contribution in [3.8, 4) is 0 Å². The molecule has 6 nitrogen and oxygen atoms in total. The maximum atomic E-state index is 12.7. The molecule has 0 radical (unpaired) electrons. The van der Waals surface area contributed by atoms with Crippen LogP contribution >= 0.6 is 0 Å². The van der Waals surface area contributed by atoms with Crippen LogP contribution in [0.25, 0.3) is 0 Å². The first-order valence-electron chi connectivity index (χ1n) is 24.5. The van der Waals surface area contributed by atoms with Crippen molar-refractivity contribution in [1.29, 1.82) is 0 Å². The van der Waals surface area contributed by atoms with Gasteiger partial charge in [0.25, 0.3) is 0 Å². The van der Waals surface area contributed by atoms with E-state index in [9.17, 15) is 14.4 Å². The molecule has 0 aliphatic rings. The van der Waals surface area contributed by atoms with Crippen LogP contribution < -0.4 is 0 Å². The molecule has 0 aliphatic heterocycles. The van der Waals surface area contributed by atoms with Crippen LogP contribution in [0.15, 0.2) is 36.5 Å². The van der Waals surface area contributed by atoms with Crippen LogP contribution in [0, 0.1) is 0 Å². The Balaban J connectivity index is 4.27. The third-order valence-corrected chi connectivity index (χ3v) is 10.6. The normalized spacial score (nSPS) is 12.3. The Morgan fingerprint density at radius 1 is 0.368 bits per heavy atom. The highest BCUT2D eigenvalue weighted by Crippen LogP contribution is 2.15. The molecular formula is C51H92O6. The van der Waals surface area contributed by atoms with Crippen molar-refractivity contribution in [2.75, 3.05) is 13.2 Å². The van der Waals surface area contributed by atoms with Gasteiger partial charge in [0.2, 0.25) is 0 Å². The predicted octanol–water partition coefficient (Wildman–Crippen LogP) is 15.8. The lowest BCUT2D eigenvalue weighted by Gasteiger charge is -2.18. The summed E-state index contributed by atoms with van der Waals surface area (Å²) in [6, 6.07) is 0. The third kappa shape index (κ3) is 44.6. The highest BCUT2D eigenvalue weighted by Gasteiger charge is 2.19. The molecule has 0 aromatic carbocycles. The Hall–Kier alpha value is -2.37. The molecule has 332 valence electrons. The standard InChI is InChI=1S/C51H92O6/c1-4-7-10-13-16-19-21-22-23-24-25-26-27-28-30-32-35-38-41-44-50(53)56-47-48(46-55-49(52)43-40-37-34-31-18-15-12-9-6-3)57-51(54)45-42-39-36-33-29-20-17-14-11-8-5-2/h9,12,18,24-25,31,48H,4-8,10-11,13-17,19-23,26-30,32-47H2,1-3H3/b12-9-,25-24-,31-18-. The lowest BCUT2D eigenvalue weighted by atomic mass is 10.1. The summed E-state index contributed by atoms with van der Waals surface area (Å²) in [4.78, 5) is 37.7. The second-order valence-corrected chi connectivity index (χ2v) is 16.3. The van der Waals surface area contributed by atoms with Gasteiger partial charge in [-0.05, 0) is 70.6 Å². The Labute approximate surface area is 353 Å². The summed E-state index contributed by atoms with van der Waals surface area (Å²) in [6.07, 6.45) is 52.9. The average molecular weight is 801 g/mol. The number of allylic oxidation sites excluding steroid dienone is 6. The van der Waals surface area contributed by atoms with Crippen LogP contribution in [0.1, 0.15) is 252 Å². The summed E-state index contributed by atoms with van der Waals surface area (Å²) in [5.41, 5.74) is 0. The van der Waals surface area contributed by atoms with Crippen molar-refractivity contribution >= 4 is 17.9 Å². The van der Waals surface area contributed by atoms with E-state index in [1.807, 2.05) is 0 Å². The molecule has 0 N–H and O–H groups in total. The van der Waals surface area contributed by atoms with Gasteiger partial charge in [-0.2, -0.15) is 0 Å². The van der Waals surface area contributed by atoms with Gasteiger partial charge in [-0.25, -0.2) is 0 Å². The fourth-order valence-corrected chi connectivity index (χ4v) is 6.94. The molecule has 0 fully saturated rings. The van der Waals surface area contributed by atoms with Gasteiger partial charge in [0.15, 0.2) is 6.10 Å². The van der Waals surface area contributed by atoms with E-state index in [0.717, 1.165) is 70.6 Å². The van der Waals surface area contributed by atoms with E-state index >= 15 is 0 Å². The number of carbonyl (C=O) groups is 3. The highest BCUT2D eigenvalue weighted by molar-refractivity contribution is 5.71. The minimum atomic E-state index is -0.780. The highest BCUT2D eigenvalue weighted by atomic mass is 16.6. The summed E-state index contributed by atoms with van der Waals surface area (Å²) in [5, 5.41) is 0. The van der Waals surface area contributed by atoms with Crippen LogP contribution in [-0.2, 0) is 28.6 Å². The molecule has 0 spiro atoms. The largest absolute Gasteiger partial charge is 0.462 e. The van der Waals surface area contributed by atoms with E-state index in [1.54, 1.807) is 0 Å². The molecule has 0 aromatic heterocycles. The Bertz CT molecular complexity index is 969. The number of ether oxygens (including phenoxy) is 3. The van der Waals surface area contributed by atoms with Crippen molar-refractivity contribution in [3.63, 3.8) is 0 Å². The Morgan fingerprint density at radius 3 is 1.11 bits per heavy atom. The molecule has 0 amide bonds. The molecule has 57 heavy (non-hydrogen) atoms.